The normalized spacial score (nSPS) is 15.1. The fourth-order valence-electron chi connectivity index (χ4n) is 3.68. The van der Waals surface area contributed by atoms with E-state index in [0.29, 0.717) is 43.4 Å². The number of hydrogen-bond donors (Lipinski definition) is 1. The molecule has 1 amide bonds. The molecule has 0 spiro atoms. The van der Waals surface area contributed by atoms with Crippen molar-refractivity contribution >= 4 is 32.9 Å². The molecule has 3 aromatic rings. The van der Waals surface area contributed by atoms with Crippen molar-refractivity contribution in [3.05, 3.63) is 73.5 Å². The molecule has 1 saturated heterocycles. The number of piperidine rings is 1. The van der Waals surface area contributed by atoms with Gasteiger partial charge in [0.05, 0.1) is 11.8 Å². The molecule has 1 aliphatic heterocycles. The first-order chi connectivity index (χ1) is 13.5. The minimum Gasteiger partial charge on any atom is -0.342 e. The first kappa shape index (κ1) is 18.6. The molecule has 0 bridgehead atoms. The molecule has 1 aliphatic rings. The quantitative estimate of drug-likeness (QED) is 0.673. The molecule has 2 aromatic heterocycles. The summed E-state index contributed by atoms with van der Waals surface area (Å²) in [5, 5.41) is 0.398. The van der Waals surface area contributed by atoms with E-state index in [4.69, 9.17) is 0 Å². The fourth-order valence-corrected chi connectivity index (χ4v) is 4.11. The third kappa shape index (κ3) is 3.52. The molecule has 0 saturated carbocycles. The number of likely N-dealkylation sites (tertiary alicyclic amines) is 1. The Bertz CT molecular complexity index is 1150. The van der Waals surface area contributed by atoms with Crippen LogP contribution in [0.2, 0.25) is 0 Å². The topological polar surface area (TPSA) is 88.1 Å². The maximum absolute atomic E-state index is 12.8. The smallest absolute Gasteiger partial charge is 0.330 e. The Morgan fingerprint density at radius 2 is 1.89 bits per heavy atom. The highest BCUT2D eigenvalue weighted by molar-refractivity contribution is 9.10. The predicted octanol–water partition coefficient (Wildman–Crippen LogP) is 2.25. The van der Waals surface area contributed by atoms with Crippen LogP contribution in [0.25, 0.3) is 11.0 Å². The molecular weight excluding hydrogens is 424 g/mol. The Balaban J connectivity index is 1.50. The lowest BCUT2D eigenvalue weighted by atomic mass is 10.0. The van der Waals surface area contributed by atoms with Crippen molar-refractivity contribution in [1.29, 1.82) is 0 Å². The number of halogens is 1. The second kappa shape index (κ2) is 7.71. The summed E-state index contributed by atoms with van der Waals surface area (Å²) in [6.45, 7) is 1.04. The Kier molecular flexibility index (Phi) is 5.13. The van der Waals surface area contributed by atoms with E-state index in [9.17, 15) is 14.4 Å². The zero-order valence-corrected chi connectivity index (χ0v) is 16.7. The van der Waals surface area contributed by atoms with Crippen LogP contribution in [0.3, 0.4) is 0 Å². The van der Waals surface area contributed by atoms with Gasteiger partial charge < -0.3 is 4.90 Å². The maximum Gasteiger partial charge on any atom is 0.330 e. The number of rotatable bonds is 3. The third-order valence-corrected chi connectivity index (χ3v) is 5.96. The van der Waals surface area contributed by atoms with Crippen LogP contribution in [0.15, 0.2) is 56.7 Å². The van der Waals surface area contributed by atoms with Gasteiger partial charge in [-0.25, -0.2) is 9.78 Å². The third-order valence-electron chi connectivity index (χ3n) is 5.18. The zero-order valence-electron chi connectivity index (χ0n) is 15.1. The van der Waals surface area contributed by atoms with Gasteiger partial charge in [0, 0.05) is 29.8 Å². The van der Waals surface area contributed by atoms with E-state index < -0.39 is 5.69 Å². The Morgan fingerprint density at radius 1 is 1.14 bits per heavy atom. The molecule has 7 nitrogen and oxygen atoms in total. The Labute approximate surface area is 169 Å². The first-order valence-electron chi connectivity index (χ1n) is 9.15. The zero-order chi connectivity index (χ0) is 19.7. The van der Waals surface area contributed by atoms with Crippen LogP contribution in [0, 0.1) is 0 Å². The van der Waals surface area contributed by atoms with Crippen LogP contribution in [0.1, 0.15) is 24.4 Å². The van der Waals surface area contributed by atoms with Crippen LogP contribution in [0.4, 0.5) is 0 Å². The van der Waals surface area contributed by atoms with E-state index in [2.05, 4.69) is 25.9 Å². The molecular formula is C20H19BrN4O3. The summed E-state index contributed by atoms with van der Waals surface area (Å²) in [7, 11) is 0. The molecule has 1 N–H and O–H groups in total. The largest absolute Gasteiger partial charge is 0.342 e. The van der Waals surface area contributed by atoms with Crippen molar-refractivity contribution < 1.29 is 4.79 Å². The number of hydrogen-bond acceptors (Lipinski definition) is 4. The number of aromatic amines is 1. The van der Waals surface area contributed by atoms with Gasteiger partial charge in [-0.2, -0.15) is 0 Å². The van der Waals surface area contributed by atoms with Crippen molar-refractivity contribution in [1.82, 2.24) is 19.4 Å². The van der Waals surface area contributed by atoms with Crippen LogP contribution in [-0.2, 0) is 11.2 Å². The summed E-state index contributed by atoms with van der Waals surface area (Å²) < 4.78 is 2.20. The van der Waals surface area contributed by atoms with Crippen molar-refractivity contribution in [3.63, 3.8) is 0 Å². The van der Waals surface area contributed by atoms with Gasteiger partial charge in [-0.3, -0.25) is 19.1 Å². The average Bonchev–Trinajstić information content (AvgIpc) is 2.70. The number of pyridine rings is 1. The van der Waals surface area contributed by atoms with Gasteiger partial charge in [-0.1, -0.05) is 34.1 Å². The van der Waals surface area contributed by atoms with E-state index in [1.807, 2.05) is 24.3 Å². The standard InChI is InChI=1S/C20H19BrN4O3/c21-16-6-2-1-4-13(16)12-17(26)24-10-7-14(8-11-24)25-19(27)15-5-3-9-22-18(15)23-20(25)28/h1-6,9,14H,7-8,10-12H2,(H,22,23,28). The highest BCUT2D eigenvalue weighted by Gasteiger charge is 2.26. The molecule has 0 unspecified atom stereocenters. The maximum atomic E-state index is 12.8. The lowest BCUT2D eigenvalue weighted by Crippen LogP contribution is -2.45. The van der Waals surface area contributed by atoms with Gasteiger partial charge in [0.1, 0.15) is 5.65 Å². The minimum atomic E-state index is -0.450. The predicted molar refractivity (Wildman–Crippen MR) is 109 cm³/mol. The SMILES string of the molecule is O=C(Cc1ccccc1Br)N1CCC(n2c(=O)[nH]c3ncccc3c2=O)CC1. The van der Waals surface area contributed by atoms with Gasteiger partial charge in [0.25, 0.3) is 5.56 Å². The second-order valence-corrected chi connectivity index (χ2v) is 7.74. The fraction of sp³-hybridized carbons (Fsp3) is 0.300. The monoisotopic (exact) mass is 442 g/mol. The van der Waals surface area contributed by atoms with E-state index in [1.54, 1.807) is 17.0 Å². The van der Waals surface area contributed by atoms with E-state index in [1.165, 1.54) is 10.8 Å². The van der Waals surface area contributed by atoms with Gasteiger partial charge in [0.2, 0.25) is 5.91 Å². The molecule has 4 rings (SSSR count). The summed E-state index contributed by atoms with van der Waals surface area (Å²) in [6, 6.07) is 10.8. The Morgan fingerprint density at radius 3 is 2.64 bits per heavy atom. The molecule has 1 aromatic carbocycles. The molecule has 1 fully saturated rings. The molecule has 3 heterocycles. The van der Waals surface area contributed by atoms with Crippen molar-refractivity contribution in [2.45, 2.75) is 25.3 Å². The van der Waals surface area contributed by atoms with Crippen molar-refractivity contribution in [2.24, 2.45) is 0 Å². The Hall–Kier alpha value is -2.74. The minimum absolute atomic E-state index is 0.0503. The number of fused-ring (bicyclic) bond motifs is 1. The number of nitrogens with zero attached hydrogens (tertiary/aromatic N) is 3. The van der Waals surface area contributed by atoms with E-state index >= 15 is 0 Å². The molecule has 28 heavy (non-hydrogen) atoms. The van der Waals surface area contributed by atoms with Gasteiger partial charge >= 0.3 is 5.69 Å². The summed E-state index contributed by atoms with van der Waals surface area (Å²) in [5.41, 5.74) is 0.471. The highest BCUT2D eigenvalue weighted by Crippen LogP contribution is 2.22. The molecule has 0 radical (unpaired) electrons. The summed E-state index contributed by atoms with van der Waals surface area (Å²) in [6.07, 6.45) is 3.00. The molecule has 0 atom stereocenters. The number of aromatic nitrogens is 3. The van der Waals surface area contributed by atoms with Gasteiger partial charge in [0.15, 0.2) is 0 Å². The first-order valence-corrected chi connectivity index (χ1v) is 9.94. The van der Waals surface area contributed by atoms with E-state index in [0.717, 1.165) is 10.0 Å². The summed E-state index contributed by atoms with van der Waals surface area (Å²) in [4.78, 5) is 46.3. The summed E-state index contributed by atoms with van der Waals surface area (Å²) >= 11 is 3.47. The van der Waals surface area contributed by atoms with Crippen molar-refractivity contribution in [3.8, 4) is 0 Å². The van der Waals surface area contributed by atoms with Crippen LogP contribution in [0.5, 0.6) is 0 Å². The molecule has 0 aliphatic carbocycles. The lowest BCUT2D eigenvalue weighted by Gasteiger charge is -2.32. The van der Waals surface area contributed by atoms with Gasteiger partial charge in [-0.05, 0) is 36.6 Å². The highest BCUT2D eigenvalue weighted by atomic mass is 79.9. The van der Waals surface area contributed by atoms with E-state index in [-0.39, 0.29) is 17.5 Å². The number of benzene rings is 1. The number of carbonyl (C=O) groups is 1. The molecule has 144 valence electrons. The second-order valence-electron chi connectivity index (χ2n) is 6.89. The summed E-state index contributed by atoms with van der Waals surface area (Å²) in [5.74, 6) is 0.0503. The number of nitrogens with one attached hydrogen (secondary N) is 1. The van der Waals surface area contributed by atoms with Crippen LogP contribution < -0.4 is 11.2 Å². The number of H-pyrrole nitrogens is 1. The van der Waals surface area contributed by atoms with Gasteiger partial charge in [-0.15, -0.1) is 0 Å². The number of carbonyl (C=O) groups excluding carboxylic acids is 1. The van der Waals surface area contributed by atoms with Crippen molar-refractivity contribution in [2.75, 3.05) is 13.1 Å². The van der Waals surface area contributed by atoms with Crippen LogP contribution >= 0.6 is 15.9 Å². The molecule has 8 heteroatoms. The van der Waals surface area contributed by atoms with Crippen LogP contribution in [-0.4, -0.2) is 38.4 Å². The number of amides is 1. The lowest BCUT2D eigenvalue weighted by molar-refractivity contribution is -0.131. The average molecular weight is 443 g/mol.